The van der Waals surface area contributed by atoms with Gasteiger partial charge in [-0.3, -0.25) is 19.6 Å². The summed E-state index contributed by atoms with van der Waals surface area (Å²) < 4.78 is 7.79. The van der Waals surface area contributed by atoms with Crippen LogP contribution in [0.3, 0.4) is 0 Å². The number of fused-ring (bicyclic) bond motifs is 2. The third kappa shape index (κ3) is 4.50. The lowest BCUT2D eigenvalue weighted by Gasteiger charge is -2.36. The van der Waals surface area contributed by atoms with Crippen LogP contribution >= 0.6 is 0 Å². The van der Waals surface area contributed by atoms with E-state index in [0.717, 1.165) is 51.6 Å². The van der Waals surface area contributed by atoms with Crippen molar-refractivity contribution in [2.75, 3.05) is 68.2 Å². The molecule has 2 aliphatic heterocycles. The largest absolute Gasteiger partial charge is 0.495 e. The molecule has 0 spiro atoms. The van der Waals surface area contributed by atoms with Crippen LogP contribution in [0.2, 0.25) is 0 Å². The van der Waals surface area contributed by atoms with Gasteiger partial charge >= 0.3 is 0 Å². The Bertz CT molecular complexity index is 1060. The van der Waals surface area contributed by atoms with Crippen molar-refractivity contribution in [3.8, 4) is 5.75 Å². The highest BCUT2D eigenvalue weighted by atomic mass is 16.5. The number of unbranched alkanes of at least 4 members (excludes halogenated alkanes) is 1. The smallest absolute Gasteiger partial charge is 0.142 e. The SMILES string of the molecule is COc1ccccc1N1CCN(CCCCN2Cc3cccn3N(C)c3ccncc32)CC1. The molecule has 2 aromatic heterocycles. The van der Waals surface area contributed by atoms with Gasteiger partial charge in [0, 0.05) is 52.2 Å². The Kier molecular flexibility index (Phi) is 6.39. The number of ether oxygens (including phenoxy) is 1. The van der Waals surface area contributed by atoms with Gasteiger partial charge in [-0.15, -0.1) is 0 Å². The summed E-state index contributed by atoms with van der Waals surface area (Å²) in [6, 6.07) is 14.8. The Balaban J connectivity index is 1.13. The van der Waals surface area contributed by atoms with Gasteiger partial charge in [0.1, 0.15) is 5.75 Å². The molecule has 5 rings (SSSR count). The molecule has 1 fully saturated rings. The van der Waals surface area contributed by atoms with Gasteiger partial charge in [0.15, 0.2) is 0 Å². The van der Waals surface area contributed by atoms with E-state index in [1.807, 2.05) is 24.5 Å². The van der Waals surface area contributed by atoms with E-state index >= 15 is 0 Å². The average Bonchev–Trinajstić information content (AvgIpc) is 3.30. The van der Waals surface area contributed by atoms with Crippen LogP contribution in [-0.4, -0.2) is 68.0 Å². The highest BCUT2D eigenvalue weighted by Crippen LogP contribution is 2.33. The molecule has 4 heterocycles. The number of methoxy groups -OCH3 is 1. The van der Waals surface area contributed by atoms with Crippen LogP contribution in [0, 0.1) is 0 Å². The fourth-order valence-electron chi connectivity index (χ4n) is 5.06. The molecule has 0 unspecified atom stereocenters. The minimum atomic E-state index is 0.910. The number of anilines is 3. The monoisotopic (exact) mass is 446 g/mol. The lowest BCUT2D eigenvalue weighted by Crippen LogP contribution is -2.46. The van der Waals surface area contributed by atoms with Gasteiger partial charge in [0.05, 0.1) is 42.6 Å². The molecule has 174 valence electrons. The average molecular weight is 447 g/mol. The number of para-hydroxylation sites is 2. The fourth-order valence-corrected chi connectivity index (χ4v) is 5.06. The summed E-state index contributed by atoms with van der Waals surface area (Å²) in [4.78, 5) is 11.9. The number of aromatic nitrogens is 2. The summed E-state index contributed by atoms with van der Waals surface area (Å²) in [6.07, 6.45) is 8.40. The first kappa shape index (κ1) is 21.6. The topological polar surface area (TPSA) is 40.0 Å². The number of piperazine rings is 1. The van der Waals surface area contributed by atoms with Crippen molar-refractivity contribution in [1.29, 1.82) is 0 Å². The van der Waals surface area contributed by atoms with Crippen LogP contribution < -0.4 is 19.5 Å². The molecule has 7 nitrogen and oxygen atoms in total. The summed E-state index contributed by atoms with van der Waals surface area (Å²) in [5.41, 5.74) is 4.94. The highest BCUT2D eigenvalue weighted by Gasteiger charge is 2.23. The van der Waals surface area contributed by atoms with Gasteiger partial charge in [0.2, 0.25) is 0 Å². The molecule has 33 heavy (non-hydrogen) atoms. The molecule has 0 amide bonds. The zero-order valence-corrected chi connectivity index (χ0v) is 19.7. The third-order valence-corrected chi connectivity index (χ3v) is 6.90. The van der Waals surface area contributed by atoms with Crippen molar-refractivity contribution in [3.05, 3.63) is 66.7 Å². The third-order valence-electron chi connectivity index (χ3n) is 6.90. The molecule has 3 aromatic rings. The van der Waals surface area contributed by atoms with Gasteiger partial charge in [-0.25, -0.2) is 0 Å². The van der Waals surface area contributed by atoms with Gasteiger partial charge in [-0.2, -0.15) is 0 Å². The second-order valence-electron chi connectivity index (χ2n) is 8.86. The molecule has 0 bridgehead atoms. The van der Waals surface area contributed by atoms with Crippen LogP contribution in [0.4, 0.5) is 17.1 Å². The number of hydrogen-bond donors (Lipinski definition) is 0. The number of pyridine rings is 1. The summed E-state index contributed by atoms with van der Waals surface area (Å²) in [5, 5.41) is 2.22. The second-order valence-corrected chi connectivity index (χ2v) is 8.86. The Labute approximate surface area is 196 Å². The molecule has 7 heteroatoms. The Morgan fingerprint density at radius 3 is 2.55 bits per heavy atom. The Hall–Kier alpha value is -3.19. The molecule has 1 aromatic carbocycles. The second kappa shape index (κ2) is 9.75. The first-order valence-corrected chi connectivity index (χ1v) is 11.9. The molecule has 0 N–H and O–H groups in total. The quantitative estimate of drug-likeness (QED) is 0.516. The molecule has 0 aliphatic carbocycles. The van der Waals surface area contributed by atoms with Crippen LogP contribution in [0.15, 0.2) is 61.1 Å². The standard InChI is InChI=1S/C26H34N6O/c1-28-23-11-12-27-20-25(23)31(21-22-8-7-15-32(22)28)14-6-5-13-29-16-18-30(19-17-29)24-9-3-4-10-26(24)33-2/h3-4,7-12,15,20H,5-6,13-14,16-19,21H2,1-2H3. The van der Waals surface area contributed by atoms with Crippen LogP contribution in [0.25, 0.3) is 0 Å². The first-order chi connectivity index (χ1) is 16.2. The zero-order valence-electron chi connectivity index (χ0n) is 19.7. The van der Waals surface area contributed by atoms with E-state index in [0.29, 0.717) is 0 Å². The van der Waals surface area contributed by atoms with Crippen molar-refractivity contribution in [2.45, 2.75) is 19.4 Å². The normalized spacial score (nSPS) is 16.4. The van der Waals surface area contributed by atoms with E-state index in [2.05, 4.69) is 72.9 Å². The minimum absolute atomic E-state index is 0.910. The fraction of sp³-hybridized carbons (Fsp3) is 0.423. The summed E-state index contributed by atoms with van der Waals surface area (Å²) in [5.74, 6) is 0.968. The van der Waals surface area contributed by atoms with E-state index < -0.39 is 0 Å². The van der Waals surface area contributed by atoms with E-state index in [1.54, 1.807) is 7.11 Å². The van der Waals surface area contributed by atoms with Crippen molar-refractivity contribution < 1.29 is 4.74 Å². The Morgan fingerprint density at radius 2 is 1.70 bits per heavy atom. The molecule has 0 saturated carbocycles. The summed E-state index contributed by atoms with van der Waals surface area (Å²) >= 11 is 0. The van der Waals surface area contributed by atoms with Gasteiger partial charge in [-0.1, -0.05) is 12.1 Å². The maximum atomic E-state index is 5.55. The maximum absolute atomic E-state index is 5.55. The molecular formula is C26H34N6O. The zero-order chi connectivity index (χ0) is 22.6. The molecule has 0 radical (unpaired) electrons. The predicted molar refractivity (Wildman–Crippen MR) is 134 cm³/mol. The van der Waals surface area contributed by atoms with Gasteiger partial charge in [0.25, 0.3) is 0 Å². The lowest BCUT2D eigenvalue weighted by atomic mass is 10.2. The van der Waals surface area contributed by atoms with E-state index in [9.17, 15) is 0 Å². The number of benzene rings is 1. The predicted octanol–water partition coefficient (Wildman–Crippen LogP) is 3.71. The van der Waals surface area contributed by atoms with E-state index in [1.165, 1.54) is 35.6 Å². The molecule has 2 aliphatic rings. The number of nitrogens with zero attached hydrogens (tertiary/aromatic N) is 6. The number of hydrogen-bond acceptors (Lipinski definition) is 6. The minimum Gasteiger partial charge on any atom is -0.495 e. The van der Waals surface area contributed by atoms with Crippen LogP contribution in [-0.2, 0) is 6.54 Å². The van der Waals surface area contributed by atoms with E-state index in [-0.39, 0.29) is 0 Å². The summed E-state index contributed by atoms with van der Waals surface area (Å²) in [7, 11) is 3.87. The first-order valence-electron chi connectivity index (χ1n) is 11.9. The Morgan fingerprint density at radius 1 is 0.879 bits per heavy atom. The van der Waals surface area contributed by atoms with E-state index in [4.69, 9.17) is 4.74 Å². The van der Waals surface area contributed by atoms with Crippen molar-refractivity contribution >= 4 is 17.1 Å². The molecular weight excluding hydrogens is 412 g/mol. The number of rotatable bonds is 7. The van der Waals surface area contributed by atoms with Crippen molar-refractivity contribution in [3.63, 3.8) is 0 Å². The molecule has 1 saturated heterocycles. The van der Waals surface area contributed by atoms with Crippen molar-refractivity contribution in [2.24, 2.45) is 0 Å². The van der Waals surface area contributed by atoms with Crippen LogP contribution in [0.5, 0.6) is 5.75 Å². The van der Waals surface area contributed by atoms with Gasteiger partial charge < -0.3 is 14.5 Å². The molecule has 0 atom stereocenters. The van der Waals surface area contributed by atoms with Crippen molar-refractivity contribution in [1.82, 2.24) is 14.6 Å². The summed E-state index contributed by atoms with van der Waals surface area (Å²) in [6.45, 7) is 7.42. The maximum Gasteiger partial charge on any atom is 0.142 e. The van der Waals surface area contributed by atoms with Crippen LogP contribution in [0.1, 0.15) is 18.5 Å². The van der Waals surface area contributed by atoms with Gasteiger partial charge in [-0.05, 0) is 49.7 Å². The lowest BCUT2D eigenvalue weighted by molar-refractivity contribution is 0.252. The highest BCUT2D eigenvalue weighted by molar-refractivity contribution is 5.70.